The van der Waals surface area contributed by atoms with Crippen molar-refractivity contribution in [2.75, 3.05) is 6.61 Å². The first-order chi connectivity index (χ1) is 14.8. The van der Waals surface area contributed by atoms with Crippen LogP contribution < -0.4 is 9.47 Å². The summed E-state index contributed by atoms with van der Waals surface area (Å²) in [5, 5.41) is 10.9. The quantitative estimate of drug-likeness (QED) is 0.205. The largest absolute Gasteiger partial charge is 0.490 e. The predicted octanol–water partition coefficient (Wildman–Crippen LogP) is 4.31. The van der Waals surface area contributed by atoms with Crippen molar-refractivity contribution < 1.29 is 28.7 Å². The lowest BCUT2D eigenvalue weighted by molar-refractivity contribution is -0.384. The van der Waals surface area contributed by atoms with Crippen LogP contribution in [0.1, 0.15) is 31.4 Å². The van der Waals surface area contributed by atoms with Crippen molar-refractivity contribution in [2.45, 2.75) is 20.3 Å². The highest BCUT2D eigenvalue weighted by Gasteiger charge is 2.25. The van der Waals surface area contributed by atoms with Crippen LogP contribution in [0.15, 0.2) is 47.1 Å². The molecule has 0 saturated carbocycles. The third kappa shape index (κ3) is 5.07. The lowest BCUT2D eigenvalue weighted by Crippen LogP contribution is -2.08. The van der Waals surface area contributed by atoms with Crippen molar-refractivity contribution in [1.29, 1.82) is 0 Å². The Morgan fingerprint density at radius 3 is 2.58 bits per heavy atom. The number of carbonyl (C=O) groups is 2. The van der Waals surface area contributed by atoms with Gasteiger partial charge in [0.1, 0.15) is 0 Å². The number of hydrogen-bond acceptors (Lipinski definition) is 8. The standard InChI is InChI=1S/C21H17ClN2O7/c1-3-18(25)30-19-15(22)9-12(11-17(19)29-4-2)10-16-21(26)31-20(23-16)13-5-7-14(8-6-13)24(27)28/h5-11H,3-4H2,1-2H3/b16-10-. The lowest BCUT2D eigenvalue weighted by atomic mass is 10.1. The first kappa shape index (κ1) is 22.0. The second-order valence-corrected chi connectivity index (χ2v) is 6.64. The number of aliphatic imine (C=N–C) groups is 1. The molecule has 1 aliphatic heterocycles. The van der Waals surface area contributed by atoms with Crippen molar-refractivity contribution in [3.63, 3.8) is 0 Å². The lowest BCUT2D eigenvalue weighted by Gasteiger charge is -2.13. The third-order valence-corrected chi connectivity index (χ3v) is 4.37. The molecule has 0 saturated heterocycles. The molecule has 2 aromatic rings. The second kappa shape index (κ2) is 9.40. The molecule has 1 heterocycles. The van der Waals surface area contributed by atoms with Gasteiger partial charge in [0.25, 0.3) is 5.69 Å². The summed E-state index contributed by atoms with van der Waals surface area (Å²) in [4.78, 5) is 38.3. The topological polar surface area (TPSA) is 117 Å². The molecule has 9 nitrogen and oxygen atoms in total. The molecule has 1 aliphatic rings. The summed E-state index contributed by atoms with van der Waals surface area (Å²) in [5.74, 6) is -0.790. The molecule has 0 fully saturated rings. The molecule has 0 amide bonds. The van der Waals surface area contributed by atoms with Crippen LogP contribution >= 0.6 is 11.6 Å². The van der Waals surface area contributed by atoms with E-state index >= 15 is 0 Å². The number of halogens is 1. The highest BCUT2D eigenvalue weighted by atomic mass is 35.5. The molecule has 0 bridgehead atoms. The average molecular weight is 445 g/mol. The van der Waals surface area contributed by atoms with Gasteiger partial charge in [-0.05, 0) is 42.8 Å². The van der Waals surface area contributed by atoms with E-state index in [0.717, 1.165) is 0 Å². The first-order valence-corrected chi connectivity index (χ1v) is 9.64. The zero-order valence-corrected chi connectivity index (χ0v) is 17.3. The Kier molecular flexibility index (Phi) is 6.66. The Bertz CT molecular complexity index is 1110. The molecule has 10 heteroatoms. The number of nitro groups is 1. The summed E-state index contributed by atoms with van der Waals surface area (Å²) in [6, 6.07) is 8.52. The Labute approximate surface area is 182 Å². The van der Waals surface area contributed by atoms with Crippen LogP contribution in [0.3, 0.4) is 0 Å². The molecule has 0 radical (unpaired) electrons. The maximum atomic E-state index is 12.2. The van der Waals surface area contributed by atoms with Crippen LogP contribution in [0.5, 0.6) is 11.5 Å². The molecule has 0 unspecified atom stereocenters. The molecule has 160 valence electrons. The van der Waals surface area contributed by atoms with Crippen LogP contribution in [0.25, 0.3) is 6.08 Å². The van der Waals surface area contributed by atoms with E-state index in [1.807, 2.05) is 0 Å². The summed E-state index contributed by atoms with van der Waals surface area (Å²) < 4.78 is 15.9. The van der Waals surface area contributed by atoms with Gasteiger partial charge >= 0.3 is 11.9 Å². The number of nitro benzene ring substituents is 1. The number of cyclic esters (lactones) is 1. The highest BCUT2D eigenvalue weighted by molar-refractivity contribution is 6.32. The van der Waals surface area contributed by atoms with Crippen LogP contribution in [0.2, 0.25) is 5.02 Å². The number of carbonyl (C=O) groups excluding carboxylic acids is 2. The van der Waals surface area contributed by atoms with Crippen molar-refractivity contribution in [3.05, 3.63) is 68.4 Å². The van der Waals surface area contributed by atoms with Gasteiger partial charge in [0.15, 0.2) is 17.2 Å². The van der Waals surface area contributed by atoms with Crippen molar-refractivity contribution >= 4 is 41.2 Å². The summed E-state index contributed by atoms with van der Waals surface area (Å²) in [7, 11) is 0. The minimum absolute atomic E-state index is 0.00479. The van der Waals surface area contributed by atoms with Gasteiger partial charge in [-0.15, -0.1) is 0 Å². The molecule has 0 spiro atoms. The molecule has 31 heavy (non-hydrogen) atoms. The van der Waals surface area contributed by atoms with Crippen LogP contribution in [0.4, 0.5) is 5.69 Å². The van der Waals surface area contributed by atoms with E-state index in [9.17, 15) is 19.7 Å². The van der Waals surface area contributed by atoms with E-state index in [4.69, 9.17) is 25.8 Å². The Morgan fingerprint density at radius 2 is 1.97 bits per heavy atom. The van der Waals surface area contributed by atoms with E-state index in [1.165, 1.54) is 36.4 Å². The fraction of sp³-hybridized carbons (Fsp3) is 0.190. The number of rotatable bonds is 7. The van der Waals surface area contributed by atoms with Gasteiger partial charge in [0.2, 0.25) is 5.90 Å². The van der Waals surface area contributed by atoms with E-state index in [1.54, 1.807) is 19.9 Å². The molecule has 2 aromatic carbocycles. The Balaban J connectivity index is 1.93. The predicted molar refractivity (Wildman–Crippen MR) is 112 cm³/mol. The fourth-order valence-electron chi connectivity index (χ4n) is 2.64. The van der Waals surface area contributed by atoms with Crippen LogP contribution in [0, 0.1) is 10.1 Å². The van der Waals surface area contributed by atoms with Crippen molar-refractivity contribution in [2.24, 2.45) is 4.99 Å². The molecular weight excluding hydrogens is 428 g/mol. The smallest absolute Gasteiger partial charge is 0.363 e. The fourth-order valence-corrected chi connectivity index (χ4v) is 2.89. The number of non-ortho nitro benzene ring substituents is 1. The van der Waals surface area contributed by atoms with E-state index in [-0.39, 0.29) is 40.2 Å². The average Bonchev–Trinajstić information content (AvgIpc) is 3.10. The maximum Gasteiger partial charge on any atom is 0.363 e. The summed E-state index contributed by atoms with van der Waals surface area (Å²) >= 11 is 6.26. The summed E-state index contributed by atoms with van der Waals surface area (Å²) in [5.41, 5.74) is 0.805. The van der Waals surface area contributed by atoms with Crippen molar-refractivity contribution in [3.8, 4) is 11.5 Å². The molecular formula is C21H17ClN2O7. The van der Waals surface area contributed by atoms with Gasteiger partial charge in [0.05, 0.1) is 16.6 Å². The summed E-state index contributed by atoms with van der Waals surface area (Å²) in [6.45, 7) is 3.72. The SMILES string of the molecule is CCOc1cc(/C=C2\N=C(c3ccc([N+](=O)[O-])cc3)OC2=O)cc(Cl)c1OC(=O)CC. The van der Waals surface area contributed by atoms with E-state index in [2.05, 4.69) is 4.99 Å². The van der Waals surface area contributed by atoms with Crippen LogP contribution in [-0.4, -0.2) is 29.4 Å². The van der Waals surface area contributed by atoms with Gasteiger partial charge in [-0.1, -0.05) is 18.5 Å². The Morgan fingerprint density at radius 1 is 1.26 bits per heavy atom. The van der Waals surface area contributed by atoms with Gasteiger partial charge in [-0.2, -0.15) is 0 Å². The van der Waals surface area contributed by atoms with Gasteiger partial charge in [-0.3, -0.25) is 14.9 Å². The maximum absolute atomic E-state index is 12.2. The van der Waals surface area contributed by atoms with Gasteiger partial charge in [-0.25, -0.2) is 9.79 Å². The number of hydrogen-bond donors (Lipinski definition) is 0. The number of ether oxygens (including phenoxy) is 3. The molecule has 0 atom stereocenters. The number of benzene rings is 2. The first-order valence-electron chi connectivity index (χ1n) is 9.26. The monoisotopic (exact) mass is 444 g/mol. The van der Waals surface area contributed by atoms with Crippen molar-refractivity contribution in [1.82, 2.24) is 0 Å². The summed E-state index contributed by atoms with van der Waals surface area (Å²) in [6.07, 6.45) is 1.61. The van der Waals surface area contributed by atoms with E-state index in [0.29, 0.717) is 17.7 Å². The minimum atomic E-state index is -0.691. The normalized spacial score (nSPS) is 14.2. The number of nitrogens with zero attached hydrogens (tertiary/aromatic N) is 2. The third-order valence-electron chi connectivity index (χ3n) is 4.09. The molecule has 3 rings (SSSR count). The van der Waals surface area contributed by atoms with Gasteiger partial charge in [0, 0.05) is 24.1 Å². The zero-order valence-electron chi connectivity index (χ0n) is 16.6. The molecule has 0 aromatic heterocycles. The number of esters is 2. The second-order valence-electron chi connectivity index (χ2n) is 6.23. The van der Waals surface area contributed by atoms with Gasteiger partial charge < -0.3 is 14.2 Å². The molecule has 0 N–H and O–H groups in total. The van der Waals surface area contributed by atoms with Crippen LogP contribution in [-0.2, 0) is 14.3 Å². The molecule has 0 aliphatic carbocycles. The Hall–Kier alpha value is -3.72. The van der Waals surface area contributed by atoms with E-state index < -0.39 is 16.9 Å². The zero-order chi connectivity index (χ0) is 22.5. The highest BCUT2D eigenvalue weighted by Crippen LogP contribution is 2.38. The minimum Gasteiger partial charge on any atom is -0.490 e.